The molecule has 18 heavy (non-hydrogen) atoms. The Bertz CT molecular complexity index is 482. The first-order valence-electron chi connectivity index (χ1n) is 7.04. The van der Waals surface area contributed by atoms with Gasteiger partial charge in [-0.15, -0.1) is 0 Å². The zero-order valence-electron chi connectivity index (χ0n) is 11.3. The van der Waals surface area contributed by atoms with E-state index in [-0.39, 0.29) is 5.41 Å². The molecule has 0 N–H and O–H groups in total. The quantitative estimate of drug-likeness (QED) is 0.742. The smallest absolute Gasteiger partial charge is 0.222 e. The third-order valence-corrected chi connectivity index (χ3v) is 4.95. The van der Waals surface area contributed by atoms with E-state index in [0.717, 1.165) is 25.8 Å². The minimum Gasteiger partial charge on any atom is -0.339 e. The van der Waals surface area contributed by atoms with E-state index in [1.807, 2.05) is 0 Å². The van der Waals surface area contributed by atoms with Crippen LogP contribution in [0.4, 0.5) is 0 Å². The number of fused-ring (bicyclic) bond motifs is 3. The van der Waals surface area contributed by atoms with Crippen molar-refractivity contribution in [1.82, 2.24) is 4.90 Å². The van der Waals surface area contributed by atoms with Gasteiger partial charge >= 0.3 is 0 Å². The van der Waals surface area contributed by atoms with E-state index >= 15 is 0 Å². The van der Waals surface area contributed by atoms with Gasteiger partial charge in [0.05, 0.1) is 0 Å². The van der Waals surface area contributed by atoms with E-state index < -0.39 is 0 Å². The molecule has 2 atom stereocenters. The first kappa shape index (κ1) is 11.8. The number of likely N-dealkylation sites (tertiary alicyclic amines) is 1. The fourth-order valence-electron chi connectivity index (χ4n) is 3.97. The molecule has 2 nitrogen and oxygen atoms in total. The van der Waals surface area contributed by atoms with Gasteiger partial charge in [-0.25, -0.2) is 0 Å². The van der Waals surface area contributed by atoms with Gasteiger partial charge < -0.3 is 4.90 Å². The molecule has 1 heterocycles. The Balaban J connectivity index is 2.07. The largest absolute Gasteiger partial charge is 0.339 e. The second-order valence-electron chi connectivity index (χ2n) is 5.81. The molecule has 2 unspecified atom stereocenters. The van der Waals surface area contributed by atoms with Crippen LogP contribution >= 0.6 is 0 Å². The third kappa shape index (κ3) is 1.51. The Morgan fingerprint density at radius 1 is 1.33 bits per heavy atom. The van der Waals surface area contributed by atoms with Gasteiger partial charge in [-0.3, -0.25) is 4.79 Å². The maximum Gasteiger partial charge on any atom is 0.222 e. The van der Waals surface area contributed by atoms with Crippen molar-refractivity contribution in [1.29, 1.82) is 0 Å². The van der Waals surface area contributed by atoms with Crippen LogP contribution in [0.1, 0.15) is 44.2 Å². The lowest BCUT2D eigenvalue weighted by Crippen LogP contribution is -2.57. The summed E-state index contributed by atoms with van der Waals surface area (Å²) in [5.41, 5.74) is 3.13. The second-order valence-corrected chi connectivity index (χ2v) is 5.81. The molecular weight excluding hydrogens is 222 g/mol. The zero-order chi connectivity index (χ0) is 12.8. The monoisotopic (exact) mass is 243 g/mol. The van der Waals surface area contributed by atoms with Crippen LogP contribution in [0, 0.1) is 0 Å². The summed E-state index contributed by atoms with van der Waals surface area (Å²) >= 11 is 0. The number of benzene rings is 1. The Morgan fingerprint density at radius 3 is 2.89 bits per heavy atom. The average molecular weight is 243 g/mol. The minimum absolute atomic E-state index is 0.165. The topological polar surface area (TPSA) is 20.3 Å². The Kier molecular flexibility index (Phi) is 2.69. The van der Waals surface area contributed by atoms with Gasteiger partial charge in [0.15, 0.2) is 0 Å². The van der Waals surface area contributed by atoms with E-state index in [9.17, 15) is 4.79 Å². The molecule has 2 aliphatic rings. The molecule has 0 radical (unpaired) electrons. The van der Waals surface area contributed by atoms with Gasteiger partial charge in [-0.05, 0) is 37.3 Å². The number of rotatable bonds is 1. The van der Waals surface area contributed by atoms with Gasteiger partial charge in [0.25, 0.3) is 0 Å². The summed E-state index contributed by atoms with van der Waals surface area (Å²) in [6.07, 6.45) is 3.94. The van der Waals surface area contributed by atoms with Crippen molar-refractivity contribution in [2.75, 3.05) is 6.54 Å². The summed E-state index contributed by atoms with van der Waals surface area (Å²) in [4.78, 5) is 14.2. The molecule has 1 aliphatic carbocycles. The van der Waals surface area contributed by atoms with E-state index in [4.69, 9.17) is 0 Å². The Labute approximate surface area is 109 Å². The predicted octanol–water partition coefficient (Wildman–Crippen LogP) is 2.90. The number of hydrogen-bond acceptors (Lipinski definition) is 1. The Morgan fingerprint density at radius 2 is 2.11 bits per heavy atom. The molecule has 3 rings (SSSR count). The molecule has 0 spiro atoms. The van der Waals surface area contributed by atoms with Crippen LogP contribution < -0.4 is 0 Å². The van der Waals surface area contributed by atoms with Crippen LogP contribution in [0.5, 0.6) is 0 Å². The lowest BCUT2D eigenvalue weighted by atomic mass is 9.63. The second kappa shape index (κ2) is 4.11. The summed E-state index contributed by atoms with van der Waals surface area (Å²) in [6.45, 7) is 5.30. The third-order valence-electron chi connectivity index (χ3n) is 4.95. The molecule has 2 heteroatoms. The maximum absolute atomic E-state index is 12.1. The van der Waals surface area contributed by atoms with Crippen molar-refractivity contribution in [2.45, 2.75) is 51.0 Å². The number of hydrogen-bond donors (Lipinski definition) is 0. The summed E-state index contributed by atoms with van der Waals surface area (Å²) < 4.78 is 0. The molecule has 1 aromatic rings. The van der Waals surface area contributed by atoms with Crippen LogP contribution in [0.2, 0.25) is 0 Å². The number of aryl methyl sites for hydroxylation is 1. The number of amides is 1. The summed E-state index contributed by atoms with van der Waals surface area (Å²) in [7, 11) is 0. The minimum atomic E-state index is 0.165. The number of nitrogens with zero attached hydrogens (tertiary/aromatic N) is 1. The van der Waals surface area contributed by atoms with Crippen molar-refractivity contribution >= 4 is 5.91 Å². The average Bonchev–Trinajstić information content (AvgIpc) is 2.40. The molecule has 1 amide bonds. The van der Waals surface area contributed by atoms with Gasteiger partial charge in [0.2, 0.25) is 5.91 Å². The molecule has 1 saturated heterocycles. The van der Waals surface area contributed by atoms with Crippen molar-refractivity contribution in [3.8, 4) is 0 Å². The van der Waals surface area contributed by atoms with Gasteiger partial charge in [0, 0.05) is 24.4 Å². The Hall–Kier alpha value is -1.31. The van der Waals surface area contributed by atoms with Gasteiger partial charge in [-0.2, -0.15) is 0 Å². The predicted molar refractivity (Wildman–Crippen MR) is 72.5 cm³/mol. The van der Waals surface area contributed by atoms with Crippen molar-refractivity contribution in [3.05, 3.63) is 35.4 Å². The normalized spacial score (nSPS) is 30.9. The highest BCUT2D eigenvalue weighted by atomic mass is 16.2. The molecule has 1 fully saturated rings. The molecule has 1 aliphatic heterocycles. The molecule has 0 saturated carbocycles. The number of carbonyl (C=O) groups excluding carboxylic acids is 1. The van der Waals surface area contributed by atoms with Crippen LogP contribution in [0.15, 0.2) is 24.3 Å². The van der Waals surface area contributed by atoms with Crippen molar-refractivity contribution in [2.24, 2.45) is 0 Å². The van der Waals surface area contributed by atoms with Crippen molar-refractivity contribution in [3.63, 3.8) is 0 Å². The fourth-order valence-corrected chi connectivity index (χ4v) is 3.97. The highest BCUT2D eigenvalue weighted by Crippen LogP contribution is 2.45. The van der Waals surface area contributed by atoms with Crippen LogP contribution in [-0.4, -0.2) is 23.4 Å². The van der Waals surface area contributed by atoms with E-state index in [0.29, 0.717) is 18.4 Å². The van der Waals surface area contributed by atoms with Gasteiger partial charge in [-0.1, -0.05) is 31.2 Å². The molecule has 0 aromatic heterocycles. The maximum atomic E-state index is 12.1. The molecule has 96 valence electrons. The first-order chi connectivity index (χ1) is 8.66. The van der Waals surface area contributed by atoms with Crippen LogP contribution in [-0.2, 0) is 16.6 Å². The zero-order valence-corrected chi connectivity index (χ0v) is 11.3. The highest BCUT2D eigenvalue weighted by Gasteiger charge is 2.47. The first-order valence-corrected chi connectivity index (χ1v) is 7.04. The molecular formula is C16H21NO. The lowest BCUT2D eigenvalue weighted by molar-refractivity contribution is -0.139. The van der Waals surface area contributed by atoms with Crippen LogP contribution in [0.25, 0.3) is 0 Å². The van der Waals surface area contributed by atoms with E-state index in [1.54, 1.807) is 0 Å². The standard InChI is InChI=1S/C16H21NO/c1-3-17-14-9-8-12-6-4-5-7-13(12)16(14,2)11-10-15(17)18/h4-7,14H,3,8-11H2,1-2H3. The van der Waals surface area contributed by atoms with E-state index in [2.05, 4.69) is 43.0 Å². The highest BCUT2D eigenvalue weighted by molar-refractivity contribution is 5.78. The number of likely N-dealkylation sites (N-methyl/N-ethyl adjacent to an activating group) is 1. The SMILES string of the molecule is CCN1C(=O)CCC2(C)c3ccccc3CCC12. The molecule has 0 bridgehead atoms. The summed E-state index contributed by atoms with van der Waals surface area (Å²) in [6, 6.07) is 9.20. The molecule has 1 aromatic carbocycles. The fraction of sp³-hybridized carbons (Fsp3) is 0.562. The summed E-state index contributed by atoms with van der Waals surface area (Å²) in [5.74, 6) is 0.347. The van der Waals surface area contributed by atoms with Crippen molar-refractivity contribution < 1.29 is 4.79 Å². The lowest BCUT2D eigenvalue weighted by Gasteiger charge is -2.51. The van der Waals surface area contributed by atoms with Gasteiger partial charge in [0.1, 0.15) is 0 Å². The van der Waals surface area contributed by atoms with E-state index in [1.165, 1.54) is 11.1 Å². The number of piperidine rings is 1. The van der Waals surface area contributed by atoms with Crippen LogP contribution in [0.3, 0.4) is 0 Å². The summed E-state index contributed by atoms with van der Waals surface area (Å²) in [5, 5.41) is 0. The number of carbonyl (C=O) groups is 1.